The summed E-state index contributed by atoms with van der Waals surface area (Å²) < 4.78 is 73.8. The second-order valence-corrected chi connectivity index (χ2v) is 13.4. The lowest BCUT2D eigenvalue weighted by molar-refractivity contribution is -0.149. The van der Waals surface area contributed by atoms with Gasteiger partial charge in [0, 0.05) is 30.3 Å². The van der Waals surface area contributed by atoms with Crippen molar-refractivity contribution in [2.45, 2.75) is 76.1 Å². The number of amides is 2. The highest BCUT2D eigenvalue weighted by Gasteiger charge is 2.46. The number of piperidine rings is 1. The molecule has 1 heterocycles. The maximum atomic E-state index is 14.9. The topological polar surface area (TPSA) is 166 Å². The van der Waals surface area contributed by atoms with Crippen LogP contribution in [0, 0.1) is 0 Å². The number of alkyl carbamates (subject to hydrolysis) is 1. The van der Waals surface area contributed by atoms with E-state index in [1.54, 1.807) is 27.7 Å². The molecule has 0 aromatic heterocycles. The highest BCUT2D eigenvalue weighted by molar-refractivity contribution is 9.10. The first-order chi connectivity index (χ1) is 22.1. The quantitative estimate of drug-likeness (QED) is 0.219. The maximum absolute atomic E-state index is 14.9. The lowest BCUT2D eigenvalue weighted by Crippen LogP contribution is -2.55. The number of alkyl halides is 4. The number of nitrogens with zero attached hydrogens (tertiary/aromatic N) is 1. The van der Waals surface area contributed by atoms with Gasteiger partial charge in [-0.15, -0.1) is 0 Å². The predicted octanol–water partition coefficient (Wildman–Crippen LogP) is 5.74. The van der Waals surface area contributed by atoms with Gasteiger partial charge in [0.15, 0.2) is 12.1 Å². The first kappa shape index (κ1) is 41.0. The summed E-state index contributed by atoms with van der Waals surface area (Å²) >= 11 is 6.36. The molecule has 2 atom stereocenters. The predicted molar refractivity (Wildman–Crippen MR) is 176 cm³/mol. The van der Waals surface area contributed by atoms with Crippen molar-refractivity contribution in [1.29, 1.82) is 0 Å². The second-order valence-electron chi connectivity index (χ2n) is 11.7. The molecule has 2 unspecified atom stereocenters. The Labute approximate surface area is 292 Å². The van der Waals surface area contributed by atoms with Crippen molar-refractivity contribution >= 4 is 49.8 Å². The van der Waals surface area contributed by atoms with Crippen molar-refractivity contribution in [1.82, 2.24) is 10.2 Å². The van der Waals surface area contributed by atoms with Crippen LogP contribution in [-0.4, -0.2) is 78.5 Å². The van der Waals surface area contributed by atoms with Crippen LogP contribution in [0.15, 0.2) is 45.3 Å². The van der Waals surface area contributed by atoms with Gasteiger partial charge >= 0.3 is 12.1 Å². The van der Waals surface area contributed by atoms with Gasteiger partial charge in [-0.2, -0.15) is 17.6 Å². The van der Waals surface area contributed by atoms with Crippen molar-refractivity contribution in [2.24, 2.45) is 11.5 Å². The molecule has 1 saturated heterocycles. The van der Waals surface area contributed by atoms with E-state index in [4.69, 9.17) is 30.8 Å². The Balaban J connectivity index is 0.000000379. The smallest absolute Gasteiger partial charge is 0.407 e. The van der Waals surface area contributed by atoms with E-state index in [-0.39, 0.29) is 30.6 Å². The molecule has 2 aromatic carbocycles. The Morgan fingerprint density at radius 2 is 1.42 bits per heavy atom. The molecule has 1 aliphatic rings. The molecule has 0 aliphatic carbocycles. The van der Waals surface area contributed by atoms with Crippen LogP contribution in [0.25, 0.3) is 0 Å². The molecule has 1 aliphatic heterocycles. The Bertz CT molecular complexity index is 1440. The van der Waals surface area contributed by atoms with Crippen molar-refractivity contribution in [3.05, 3.63) is 56.5 Å². The second kappa shape index (κ2) is 17.0. The van der Waals surface area contributed by atoms with Crippen molar-refractivity contribution in [2.75, 3.05) is 26.8 Å². The van der Waals surface area contributed by atoms with E-state index in [1.165, 1.54) is 30.2 Å². The molecule has 6 N–H and O–H groups in total. The summed E-state index contributed by atoms with van der Waals surface area (Å²) in [5.41, 5.74) is 9.16. The molecule has 0 radical (unpaired) electrons. The summed E-state index contributed by atoms with van der Waals surface area (Å²) in [4.78, 5) is 36.4. The fourth-order valence-corrected chi connectivity index (χ4v) is 5.20. The minimum atomic E-state index is -3.67. The molecule has 11 nitrogen and oxygen atoms in total. The number of aliphatic carboxylic acids is 1. The largest absolute Gasteiger partial charge is 0.496 e. The van der Waals surface area contributed by atoms with Crippen LogP contribution in [0.2, 0.25) is 0 Å². The third-order valence-corrected chi connectivity index (χ3v) is 8.30. The number of nitrogens with two attached hydrogens (primary N) is 2. The number of carbonyl (C=O) groups excluding carboxylic acids is 2. The SMILES string of the molecule is CCOc1cc(C(F)(F)C(N)C(=O)O)ccc1Br.COc1cc(C(F)(F)C(N)C(=O)N2CCC(NC(=O)OC(C)(C)C)CC2)ccc1Br. The van der Waals surface area contributed by atoms with Crippen molar-refractivity contribution in [3.63, 3.8) is 0 Å². The van der Waals surface area contributed by atoms with Gasteiger partial charge in [-0.3, -0.25) is 9.59 Å². The first-order valence-corrected chi connectivity index (χ1v) is 16.3. The van der Waals surface area contributed by atoms with E-state index in [0.717, 1.165) is 18.2 Å². The number of halogens is 6. The number of benzene rings is 2. The van der Waals surface area contributed by atoms with Crippen LogP contribution in [0.1, 0.15) is 51.7 Å². The van der Waals surface area contributed by atoms with Gasteiger partial charge in [-0.25, -0.2) is 4.79 Å². The van der Waals surface area contributed by atoms with E-state index in [1.807, 2.05) is 0 Å². The minimum absolute atomic E-state index is 0.198. The molecule has 2 aromatic rings. The Hall–Kier alpha value is -3.15. The standard InChI is InChI=1S/C20H28BrF2N3O4.C11H12BrF2NO3/c1-19(2,3)30-18(28)25-13-7-9-26(10-8-13)17(27)16(24)20(22,23)12-5-6-14(21)15(11-12)29-4;1-2-18-8-5-6(3-4-7(8)12)11(13,14)9(15)10(16)17/h5-6,11,13,16H,7-10,24H2,1-4H3,(H,25,28);3-5,9H,2,15H2,1H3,(H,16,17). The lowest BCUT2D eigenvalue weighted by atomic mass is 9.98. The van der Waals surface area contributed by atoms with Gasteiger partial charge in [0.05, 0.1) is 22.7 Å². The van der Waals surface area contributed by atoms with Gasteiger partial charge in [-0.05, 0) is 96.7 Å². The van der Waals surface area contributed by atoms with Crippen LogP contribution in [0.3, 0.4) is 0 Å². The van der Waals surface area contributed by atoms with Crippen LogP contribution >= 0.6 is 31.9 Å². The molecule has 3 rings (SSSR count). The molecule has 2 amide bonds. The zero-order valence-corrected chi connectivity index (χ0v) is 30.2. The number of rotatable bonds is 10. The number of carboxylic acids is 1. The van der Waals surface area contributed by atoms with Gasteiger partial charge in [0.25, 0.3) is 11.8 Å². The Morgan fingerprint density at radius 3 is 1.88 bits per heavy atom. The first-order valence-electron chi connectivity index (χ1n) is 14.7. The highest BCUT2D eigenvalue weighted by atomic mass is 79.9. The Kier molecular flexibility index (Phi) is 14.5. The van der Waals surface area contributed by atoms with E-state index in [0.29, 0.717) is 28.4 Å². The summed E-state index contributed by atoms with van der Waals surface area (Å²) in [6, 6.07) is 2.82. The zero-order chi connectivity index (χ0) is 36.6. The van der Waals surface area contributed by atoms with Crippen LogP contribution in [0.4, 0.5) is 22.4 Å². The van der Waals surface area contributed by atoms with Gasteiger partial charge < -0.3 is 41.0 Å². The molecular weight excluding hydrogens is 776 g/mol. The fourth-order valence-electron chi connectivity index (χ4n) is 4.43. The number of carbonyl (C=O) groups is 3. The summed E-state index contributed by atoms with van der Waals surface area (Å²) in [5.74, 6) is -9.40. The molecule has 17 heteroatoms. The third-order valence-electron chi connectivity index (χ3n) is 6.99. The zero-order valence-electron chi connectivity index (χ0n) is 27.0. The fraction of sp³-hybridized carbons (Fsp3) is 0.516. The van der Waals surface area contributed by atoms with Gasteiger partial charge in [-0.1, -0.05) is 12.1 Å². The van der Waals surface area contributed by atoms with Crippen LogP contribution in [0.5, 0.6) is 11.5 Å². The molecule has 0 saturated carbocycles. The average Bonchev–Trinajstić information content (AvgIpc) is 3.00. The summed E-state index contributed by atoms with van der Waals surface area (Å²) in [7, 11) is 1.36. The van der Waals surface area contributed by atoms with Crippen LogP contribution < -0.4 is 26.3 Å². The van der Waals surface area contributed by atoms with E-state index >= 15 is 0 Å². The highest BCUT2D eigenvalue weighted by Crippen LogP contribution is 2.37. The normalized spacial score (nSPS) is 15.4. The van der Waals surface area contributed by atoms with E-state index in [9.17, 15) is 31.9 Å². The Morgan fingerprint density at radius 1 is 0.938 bits per heavy atom. The number of methoxy groups -OCH3 is 1. The van der Waals surface area contributed by atoms with Gasteiger partial charge in [0.2, 0.25) is 5.91 Å². The minimum Gasteiger partial charge on any atom is -0.496 e. The van der Waals surface area contributed by atoms with Crippen molar-refractivity contribution in [3.8, 4) is 11.5 Å². The number of hydrogen-bond donors (Lipinski definition) is 4. The number of nitrogens with one attached hydrogen (secondary N) is 1. The van der Waals surface area contributed by atoms with Gasteiger partial charge in [0.1, 0.15) is 17.1 Å². The van der Waals surface area contributed by atoms with E-state index in [2.05, 4.69) is 37.2 Å². The molecule has 268 valence electrons. The molecular formula is C31H40Br2F4N4O7. The number of likely N-dealkylation sites (tertiary alicyclic amines) is 1. The molecule has 0 bridgehead atoms. The number of hydrogen-bond acceptors (Lipinski definition) is 8. The summed E-state index contributed by atoms with van der Waals surface area (Å²) in [6.07, 6.45) is 0.310. The third kappa shape index (κ3) is 10.9. The number of carboxylic acid groups (broad SMARTS) is 1. The lowest BCUT2D eigenvalue weighted by Gasteiger charge is -2.35. The maximum Gasteiger partial charge on any atom is 0.407 e. The van der Waals surface area contributed by atoms with E-state index < -0.39 is 58.6 Å². The average molecular weight is 816 g/mol. The van der Waals surface area contributed by atoms with Crippen LogP contribution in [-0.2, 0) is 26.2 Å². The molecule has 0 spiro atoms. The monoisotopic (exact) mass is 814 g/mol. The summed E-state index contributed by atoms with van der Waals surface area (Å²) in [5, 5.41) is 11.3. The molecule has 48 heavy (non-hydrogen) atoms. The molecule has 1 fully saturated rings. The summed E-state index contributed by atoms with van der Waals surface area (Å²) in [6.45, 7) is 7.72. The number of ether oxygens (including phenoxy) is 3. The van der Waals surface area contributed by atoms with Crippen molar-refractivity contribution < 1.29 is 51.3 Å².